The van der Waals surface area contributed by atoms with E-state index in [2.05, 4.69) is 34.7 Å². The molecule has 0 saturated heterocycles. The Kier molecular flexibility index (Phi) is 9.24. The van der Waals surface area contributed by atoms with Crippen LogP contribution < -0.4 is 20.3 Å². The Labute approximate surface area is 189 Å². The highest BCUT2D eigenvalue weighted by atomic mass is 127. The third-order valence-corrected chi connectivity index (χ3v) is 4.67. The molecule has 6 nitrogen and oxygen atoms in total. The second-order valence-corrected chi connectivity index (χ2v) is 6.70. The fourth-order valence-electron chi connectivity index (χ4n) is 3.14. The molecule has 156 valence electrons. The Bertz CT molecular complexity index is 841. The van der Waals surface area contributed by atoms with Gasteiger partial charge >= 0.3 is 0 Å². The van der Waals surface area contributed by atoms with E-state index >= 15 is 0 Å². The van der Waals surface area contributed by atoms with Gasteiger partial charge in [0.05, 0.1) is 12.2 Å². The summed E-state index contributed by atoms with van der Waals surface area (Å²) in [5, 5.41) is 6.63. The van der Waals surface area contributed by atoms with Gasteiger partial charge in [0.2, 0.25) is 0 Å². The molecule has 0 spiro atoms. The van der Waals surface area contributed by atoms with Crippen molar-refractivity contribution in [3.8, 4) is 5.75 Å². The Morgan fingerprint density at radius 1 is 1.14 bits per heavy atom. The molecule has 29 heavy (non-hydrogen) atoms. The number of fused-ring (bicyclic) bond motifs is 1. The van der Waals surface area contributed by atoms with Crippen LogP contribution >= 0.6 is 24.0 Å². The molecule has 1 heterocycles. The van der Waals surface area contributed by atoms with E-state index in [4.69, 9.17) is 4.74 Å². The molecule has 0 aliphatic carbocycles. The van der Waals surface area contributed by atoms with Gasteiger partial charge in [-0.05, 0) is 43.5 Å². The molecular formula is C22H29IN4O2. The third-order valence-electron chi connectivity index (χ3n) is 4.67. The van der Waals surface area contributed by atoms with Gasteiger partial charge in [0.15, 0.2) is 12.6 Å². The van der Waals surface area contributed by atoms with Crippen molar-refractivity contribution >= 4 is 41.5 Å². The number of amides is 1. The Morgan fingerprint density at radius 3 is 2.69 bits per heavy atom. The van der Waals surface area contributed by atoms with E-state index in [1.54, 1.807) is 4.90 Å². The fourth-order valence-corrected chi connectivity index (χ4v) is 3.14. The van der Waals surface area contributed by atoms with Crippen LogP contribution in [0.5, 0.6) is 5.75 Å². The highest BCUT2D eigenvalue weighted by Crippen LogP contribution is 2.31. The highest BCUT2D eigenvalue weighted by Gasteiger charge is 2.24. The number of carbonyl (C=O) groups excluding carboxylic acids is 1. The standard InChI is InChI=1S/C22H28N4O2.HI/c1-3-23-22(25-15-18-10-5-4-9-17(18)2)24-13-8-14-26-19-11-6-7-12-20(19)28-16-21(26)27;/h4-7,9-12H,3,8,13-16H2,1-2H3,(H2,23,24,25);1H. The molecule has 0 saturated carbocycles. The van der Waals surface area contributed by atoms with Crippen molar-refractivity contribution in [3.63, 3.8) is 0 Å². The second-order valence-electron chi connectivity index (χ2n) is 6.70. The van der Waals surface area contributed by atoms with E-state index in [0.717, 1.165) is 36.9 Å². The summed E-state index contributed by atoms with van der Waals surface area (Å²) in [6, 6.07) is 15.9. The van der Waals surface area contributed by atoms with Gasteiger partial charge in [0, 0.05) is 19.6 Å². The van der Waals surface area contributed by atoms with Gasteiger partial charge in [-0.15, -0.1) is 24.0 Å². The number of aliphatic imine (C=N–C) groups is 1. The Balaban J connectivity index is 0.00000300. The molecule has 0 atom stereocenters. The van der Waals surface area contributed by atoms with Crippen molar-refractivity contribution in [2.75, 3.05) is 31.1 Å². The van der Waals surface area contributed by atoms with Crippen molar-refractivity contribution in [3.05, 3.63) is 59.7 Å². The number of nitrogens with zero attached hydrogens (tertiary/aromatic N) is 2. The Hall–Kier alpha value is -2.29. The monoisotopic (exact) mass is 508 g/mol. The summed E-state index contributed by atoms with van der Waals surface area (Å²) in [4.78, 5) is 18.7. The number of carbonyl (C=O) groups is 1. The van der Waals surface area contributed by atoms with Gasteiger partial charge in [-0.2, -0.15) is 0 Å². The summed E-state index contributed by atoms with van der Waals surface area (Å²) < 4.78 is 5.49. The maximum absolute atomic E-state index is 12.2. The van der Waals surface area contributed by atoms with Crippen molar-refractivity contribution in [2.24, 2.45) is 4.99 Å². The Morgan fingerprint density at radius 2 is 1.90 bits per heavy atom. The molecule has 2 aromatic carbocycles. The summed E-state index contributed by atoms with van der Waals surface area (Å²) in [6.45, 7) is 7.06. The summed E-state index contributed by atoms with van der Waals surface area (Å²) in [6.07, 6.45) is 0.814. The van der Waals surface area contributed by atoms with Gasteiger partial charge in [-0.1, -0.05) is 36.4 Å². The largest absolute Gasteiger partial charge is 0.482 e. The predicted molar refractivity (Wildman–Crippen MR) is 128 cm³/mol. The number of hydrogen-bond donors (Lipinski definition) is 2. The number of nitrogens with one attached hydrogen (secondary N) is 2. The van der Waals surface area contributed by atoms with Crippen LogP contribution in [0.2, 0.25) is 0 Å². The molecule has 2 N–H and O–H groups in total. The number of guanidine groups is 1. The number of anilines is 1. The minimum atomic E-state index is -0.00109. The van der Waals surface area contributed by atoms with Crippen LogP contribution in [0.3, 0.4) is 0 Å². The van der Waals surface area contributed by atoms with Crippen molar-refractivity contribution in [1.29, 1.82) is 0 Å². The van der Waals surface area contributed by atoms with Crippen molar-refractivity contribution in [2.45, 2.75) is 26.8 Å². The minimum Gasteiger partial charge on any atom is -0.482 e. The first-order chi connectivity index (χ1) is 13.7. The summed E-state index contributed by atoms with van der Waals surface area (Å²) in [5.74, 6) is 1.56. The topological polar surface area (TPSA) is 66.0 Å². The smallest absolute Gasteiger partial charge is 0.265 e. The summed E-state index contributed by atoms with van der Waals surface area (Å²) in [7, 11) is 0. The van der Waals surface area contributed by atoms with Crippen LogP contribution in [0.25, 0.3) is 0 Å². The molecule has 1 aliphatic heterocycles. The first-order valence-corrected chi connectivity index (χ1v) is 9.78. The lowest BCUT2D eigenvalue weighted by molar-refractivity contribution is -0.121. The van der Waals surface area contributed by atoms with Crippen molar-refractivity contribution < 1.29 is 9.53 Å². The van der Waals surface area contributed by atoms with Crippen LogP contribution in [0.1, 0.15) is 24.5 Å². The van der Waals surface area contributed by atoms with E-state index in [9.17, 15) is 4.79 Å². The maximum Gasteiger partial charge on any atom is 0.265 e. The van der Waals surface area contributed by atoms with Crippen LogP contribution in [0.4, 0.5) is 5.69 Å². The maximum atomic E-state index is 12.2. The van der Waals surface area contributed by atoms with Gasteiger partial charge in [0.1, 0.15) is 5.75 Å². The van der Waals surface area contributed by atoms with E-state index in [1.165, 1.54) is 11.1 Å². The van der Waals surface area contributed by atoms with Crippen LogP contribution in [-0.2, 0) is 11.3 Å². The normalized spacial score (nSPS) is 13.2. The van der Waals surface area contributed by atoms with Gasteiger partial charge < -0.3 is 20.3 Å². The number of rotatable bonds is 7. The zero-order chi connectivity index (χ0) is 19.8. The zero-order valence-corrected chi connectivity index (χ0v) is 19.3. The minimum absolute atomic E-state index is 0. The number of para-hydroxylation sites is 2. The van der Waals surface area contributed by atoms with E-state index in [1.807, 2.05) is 43.3 Å². The van der Waals surface area contributed by atoms with Gasteiger partial charge in [-0.3, -0.25) is 4.79 Å². The highest BCUT2D eigenvalue weighted by molar-refractivity contribution is 14.0. The lowest BCUT2D eigenvalue weighted by Crippen LogP contribution is -2.42. The average molecular weight is 508 g/mol. The molecule has 3 rings (SSSR count). The molecule has 1 amide bonds. The molecule has 0 unspecified atom stereocenters. The molecule has 1 aliphatic rings. The molecule has 0 fully saturated rings. The first kappa shape index (κ1) is 23.0. The van der Waals surface area contributed by atoms with Crippen LogP contribution in [-0.4, -0.2) is 38.1 Å². The fraction of sp³-hybridized carbons (Fsp3) is 0.364. The summed E-state index contributed by atoms with van der Waals surface area (Å²) in [5.41, 5.74) is 3.31. The molecule has 0 aromatic heterocycles. The molecule has 2 aromatic rings. The quantitative estimate of drug-likeness (QED) is 0.260. The lowest BCUT2D eigenvalue weighted by Gasteiger charge is -2.29. The summed E-state index contributed by atoms with van der Waals surface area (Å²) >= 11 is 0. The average Bonchev–Trinajstić information content (AvgIpc) is 2.71. The number of halogens is 1. The van der Waals surface area contributed by atoms with E-state index < -0.39 is 0 Å². The van der Waals surface area contributed by atoms with Crippen molar-refractivity contribution in [1.82, 2.24) is 10.6 Å². The number of ether oxygens (including phenoxy) is 1. The van der Waals surface area contributed by atoms with Crippen LogP contribution in [0.15, 0.2) is 53.5 Å². The zero-order valence-electron chi connectivity index (χ0n) is 17.0. The number of hydrogen-bond acceptors (Lipinski definition) is 3. The molecular weight excluding hydrogens is 479 g/mol. The third kappa shape index (κ3) is 6.35. The second kappa shape index (κ2) is 11.6. The molecule has 7 heteroatoms. The van der Waals surface area contributed by atoms with Gasteiger partial charge in [0.25, 0.3) is 5.91 Å². The number of aryl methyl sites for hydroxylation is 1. The van der Waals surface area contributed by atoms with Gasteiger partial charge in [-0.25, -0.2) is 4.99 Å². The van der Waals surface area contributed by atoms with E-state index in [-0.39, 0.29) is 36.5 Å². The molecule has 0 bridgehead atoms. The SMILES string of the molecule is CCNC(=NCc1ccccc1C)NCCCN1C(=O)COc2ccccc21.I. The predicted octanol–water partition coefficient (Wildman–Crippen LogP) is 3.48. The number of benzene rings is 2. The van der Waals surface area contributed by atoms with E-state index in [0.29, 0.717) is 13.1 Å². The lowest BCUT2D eigenvalue weighted by atomic mass is 10.1. The first-order valence-electron chi connectivity index (χ1n) is 9.78. The molecule has 0 radical (unpaired) electrons. The van der Waals surface area contributed by atoms with Crippen LogP contribution in [0, 0.1) is 6.92 Å².